The Labute approximate surface area is 169 Å². The predicted molar refractivity (Wildman–Crippen MR) is 109 cm³/mol. The first-order chi connectivity index (χ1) is 13.8. The van der Waals surface area contributed by atoms with Crippen LogP contribution in [0.5, 0.6) is 5.88 Å². The Bertz CT molecular complexity index is 894. The zero-order chi connectivity index (χ0) is 21.6. The lowest BCUT2D eigenvalue weighted by Gasteiger charge is -2.21. The van der Waals surface area contributed by atoms with Crippen molar-refractivity contribution in [2.45, 2.75) is 27.7 Å². The number of hydrogen-bond donors (Lipinski definition) is 1. The molecule has 9 heteroatoms. The number of benzene rings is 1. The summed E-state index contributed by atoms with van der Waals surface area (Å²) in [6, 6.07) is 7.18. The summed E-state index contributed by atoms with van der Waals surface area (Å²) in [5.41, 5.74) is 1.40. The summed E-state index contributed by atoms with van der Waals surface area (Å²) in [6.07, 6.45) is 0. The average molecular weight is 399 g/mol. The summed E-state index contributed by atoms with van der Waals surface area (Å²) < 4.78 is 5.06. The molecule has 4 amide bonds. The summed E-state index contributed by atoms with van der Waals surface area (Å²) >= 11 is 0. The van der Waals surface area contributed by atoms with Crippen molar-refractivity contribution in [3.63, 3.8) is 0 Å². The van der Waals surface area contributed by atoms with Gasteiger partial charge < -0.3 is 9.64 Å². The molecule has 0 saturated heterocycles. The van der Waals surface area contributed by atoms with E-state index in [0.717, 1.165) is 4.90 Å². The van der Waals surface area contributed by atoms with Crippen LogP contribution in [0.15, 0.2) is 30.3 Å². The highest BCUT2D eigenvalue weighted by Crippen LogP contribution is 2.19. The number of aryl methyl sites for hydroxylation is 1. The monoisotopic (exact) mass is 399 g/mol. The Morgan fingerprint density at radius 1 is 1.07 bits per heavy atom. The molecule has 1 N–H and O–H groups in total. The van der Waals surface area contributed by atoms with Crippen LogP contribution < -0.4 is 15.0 Å². The number of amides is 4. The lowest BCUT2D eigenvalue weighted by molar-refractivity contribution is -0.115. The number of nitrogens with zero attached hydrogens (tertiary/aromatic N) is 4. The fourth-order valence-corrected chi connectivity index (χ4v) is 2.74. The zero-order valence-corrected chi connectivity index (χ0v) is 17.2. The minimum absolute atomic E-state index is 0.0198. The van der Waals surface area contributed by atoms with Crippen LogP contribution in [0.4, 0.5) is 16.4 Å². The highest BCUT2D eigenvalue weighted by atomic mass is 16.5. The first-order valence-corrected chi connectivity index (χ1v) is 9.21. The molecular formula is C20H25N5O4. The molecule has 0 spiro atoms. The second kappa shape index (κ2) is 9.63. The Hall–Kier alpha value is -3.49. The van der Waals surface area contributed by atoms with E-state index in [2.05, 4.69) is 15.3 Å². The molecule has 0 aliphatic heterocycles. The highest BCUT2D eigenvalue weighted by molar-refractivity contribution is 6.17. The quantitative estimate of drug-likeness (QED) is 0.801. The van der Waals surface area contributed by atoms with Gasteiger partial charge >= 0.3 is 6.03 Å². The van der Waals surface area contributed by atoms with E-state index in [0.29, 0.717) is 35.9 Å². The van der Waals surface area contributed by atoms with Gasteiger partial charge in [0.2, 0.25) is 17.7 Å². The third kappa shape index (κ3) is 5.28. The van der Waals surface area contributed by atoms with Crippen molar-refractivity contribution >= 4 is 29.5 Å². The third-order valence-corrected chi connectivity index (χ3v) is 4.20. The smallest absolute Gasteiger partial charge is 0.335 e. The molecule has 9 nitrogen and oxygen atoms in total. The van der Waals surface area contributed by atoms with E-state index < -0.39 is 11.9 Å². The maximum Gasteiger partial charge on any atom is 0.335 e. The molecule has 0 aliphatic rings. The molecule has 0 bridgehead atoms. The molecule has 2 aromatic rings. The molecule has 0 saturated carbocycles. The fourth-order valence-electron chi connectivity index (χ4n) is 2.74. The topological polar surface area (TPSA) is 105 Å². The number of hydrogen-bond acceptors (Lipinski definition) is 6. The first-order valence-electron chi connectivity index (χ1n) is 9.21. The van der Waals surface area contributed by atoms with Gasteiger partial charge in [-0.25, -0.2) is 14.7 Å². The van der Waals surface area contributed by atoms with Gasteiger partial charge in [0.05, 0.1) is 12.8 Å². The average Bonchev–Trinajstić information content (AvgIpc) is 2.68. The van der Waals surface area contributed by atoms with Crippen LogP contribution in [0.1, 0.15) is 36.8 Å². The normalized spacial score (nSPS) is 10.2. The van der Waals surface area contributed by atoms with Crippen LogP contribution in [-0.2, 0) is 4.79 Å². The number of nitrogens with one attached hydrogen (secondary N) is 1. The summed E-state index contributed by atoms with van der Waals surface area (Å²) in [4.78, 5) is 48.0. The van der Waals surface area contributed by atoms with E-state index in [1.54, 1.807) is 42.2 Å². The summed E-state index contributed by atoms with van der Waals surface area (Å²) in [6.45, 7) is 8.00. The SMILES string of the molecule is CCN(CC)C(=O)c1ccc(N(C(C)=O)C(=O)Nc2nc(C)cc(OC)n2)cc1. The highest BCUT2D eigenvalue weighted by Gasteiger charge is 2.22. The number of rotatable bonds is 6. The minimum Gasteiger partial charge on any atom is -0.481 e. The van der Waals surface area contributed by atoms with Crippen molar-refractivity contribution in [2.75, 3.05) is 30.4 Å². The van der Waals surface area contributed by atoms with Crippen molar-refractivity contribution in [3.8, 4) is 5.88 Å². The molecular weight excluding hydrogens is 374 g/mol. The second-order valence-corrected chi connectivity index (χ2v) is 6.18. The zero-order valence-electron chi connectivity index (χ0n) is 17.2. The standard InChI is InChI=1S/C20H25N5O4/c1-6-24(7-2)18(27)15-8-10-16(11-9-15)25(14(4)26)20(28)23-19-21-13(3)12-17(22-19)29-5/h8-12H,6-7H2,1-5H3,(H,21,22,23,28). The van der Waals surface area contributed by atoms with Gasteiger partial charge in [-0.15, -0.1) is 0 Å². The van der Waals surface area contributed by atoms with E-state index in [9.17, 15) is 14.4 Å². The van der Waals surface area contributed by atoms with Crippen molar-refractivity contribution in [1.29, 1.82) is 0 Å². The van der Waals surface area contributed by atoms with Gasteiger partial charge in [0, 0.05) is 37.3 Å². The molecule has 154 valence electrons. The van der Waals surface area contributed by atoms with Crippen LogP contribution in [0, 0.1) is 6.92 Å². The van der Waals surface area contributed by atoms with Crippen LogP contribution in [0.25, 0.3) is 0 Å². The maximum atomic E-state index is 12.7. The van der Waals surface area contributed by atoms with E-state index in [1.807, 2.05) is 13.8 Å². The maximum absolute atomic E-state index is 12.7. The van der Waals surface area contributed by atoms with E-state index in [-0.39, 0.29) is 11.9 Å². The van der Waals surface area contributed by atoms with Gasteiger partial charge in [0.25, 0.3) is 5.91 Å². The van der Waals surface area contributed by atoms with Crippen LogP contribution in [0.2, 0.25) is 0 Å². The number of anilines is 2. The minimum atomic E-state index is -0.715. The van der Waals surface area contributed by atoms with Crippen LogP contribution in [-0.4, -0.2) is 52.9 Å². The number of ether oxygens (including phenoxy) is 1. The lowest BCUT2D eigenvalue weighted by Crippen LogP contribution is -2.39. The second-order valence-electron chi connectivity index (χ2n) is 6.18. The van der Waals surface area contributed by atoms with E-state index in [1.165, 1.54) is 14.0 Å². The van der Waals surface area contributed by atoms with Crippen LogP contribution >= 0.6 is 0 Å². The number of aromatic nitrogens is 2. The molecule has 29 heavy (non-hydrogen) atoms. The summed E-state index contributed by atoms with van der Waals surface area (Å²) in [7, 11) is 1.45. The number of carbonyl (C=O) groups excluding carboxylic acids is 3. The molecule has 0 fully saturated rings. The molecule has 0 atom stereocenters. The molecule has 1 aromatic heterocycles. The van der Waals surface area contributed by atoms with Gasteiger partial charge in [0.1, 0.15) is 0 Å². The first kappa shape index (κ1) is 21.8. The van der Waals surface area contributed by atoms with Crippen molar-refractivity contribution in [3.05, 3.63) is 41.6 Å². The van der Waals surface area contributed by atoms with Crippen molar-refractivity contribution in [1.82, 2.24) is 14.9 Å². The van der Waals surface area contributed by atoms with Gasteiger partial charge in [0.15, 0.2) is 0 Å². The predicted octanol–water partition coefficient (Wildman–Crippen LogP) is 2.86. The Kier molecular flexibility index (Phi) is 7.24. The van der Waals surface area contributed by atoms with Crippen molar-refractivity contribution in [2.24, 2.45) is 0 Å². The molecule has 0 radical (unpaired) electrons. The molecule has 2 rings (SSSR count). The largest absolute Gasteiger partial charge is 0.481 e. The van der Waals surface area contributed by atoms with Gasteiger partial charge in [-0.2, -0.15) is 4.98 Å². The number of urea groups is 1. The van der Waals surface area contributed by atoms with Crippen LogP contribution in [0.3, 0.4) is 0 Å². The summed E-state index contributed by atoms with van der Waals surface area (Å²) in [5, 5.41) is 2.50. The van der Waals surface area contributed by atoms with E-state index >= 15 is 0 Å². The van der Waals surface area contributed by atoms with E-state index in [4.69, 9.17) is 4.74 Å². The molecule has 1 aromatic carbocycles. The van der Waals surface area contributed by atoms with Gasteiger partial charge in [-0.3, -0.25) is 14.9 Å². The molecule has 1 heterocycles. The van der Waals surface area contributed by atoms with Gasteiger partial charge in [-0.1, -0.05) is 0 Å². The molecule has 0 aliphatic carbocycles. The summed E-state index contributed by atoms with van der Waals surface area (Å²) in [5.74, 6) is -0.293. The van der Waals surface area contributed by atoms with Crippen molar-refractivity contribution < 1.29 is 19.1 Å². The number of carbonyl (C=O) groups is 3. The number of imide groups is 1. The Balaban J connectivity index is 2.25. The Morgan fingerprint density at radius 2 is 1.69 bits per heavy atom. The van der Waals surface area contributed by atoms with Gasteiger partial charge in [-0.05, 0) is 45.0 Å². The molecule has 0 unspecified atom stereocenters. The number of methoxy groups -OCH3 is 1. The fraction of sp³-hybridized carbons (Fsp3) is 0.350. The lowest BCUT2D eigenvalue weighted by atomic mass is 10.1. The Morgan fingerprint density at radius 3 is 2.21 bits per heavy atom. The third-order valence-electron chi connectivity index (χ3n) is 4.20.